The van der Waals surface area contributed by atoms with E-state index in [4.69, 9.17) is 16.3 Å². The third kappa shape index (κ3) is 3.03. The molecule has 0 saturated heterocycles. The number of hydrogen-bond acceptors (Lipinski definition) is 3. The molecule has 0 radical (unpaired) electrons. The molecule has 1 N–H and O–H groups in total. The van der Waals surface area contributed by atoms with Crippen LogP contribution in [0.15, 0.2) is 30.5 Å². The van der Waals surface area contributed by atoms with Crippen LogP contribution in [0.1, 0.15) is 36.3 Å². The maximum atomic E-state index is 10.7. The highest BCUT2D eigenvalue weighted by Gasteiger charge is 2.21. The molecular weight excluding hydrogens is 276 g/mol. The largest absolute Gasteiger partial charge is 0.382 e. The van der Waals surface area contributed by atoms with E-state index in [-0.39, 0.29) is 0 Å². The second kappa shape index (κ2) is 6.88. The number of ether oxygens (including phenoxy) is 1. The SMILES string of the molecule is CCCn1ncc(Cl)c1C(O)c1ccccc1COC. The van der Waals surface area contributed by atoms with Crippen molar-refractivity contribution >= 4 is 11.6 Å². The molecule has 0 aliphatic rings. The summed E-state index contributed by atoms with van der Waals surface area (Å²) < 4.78 is 6.94. The molecule has 20 heavy (non-hydrogen) atoms. The number of hydrogen-bond donors (Lipinski definition) is 1. The van der Waals surface area contributed by atoms with Crippen LogP contribution in [0.5, 0.6) is 0 Å². The lowest BCUT2D eigenvalue weighted by atomic mass is 10.0. The molecule has 0 aliphatic carbocycles. The molecule has 2 rings (SSSR count). The van der Waals surface area contributed by atoms with Crippen molar-refractivity contribution in [3.8, 4) is 0 Å². The van der Waals surface area contributed by atoms with Crippen LogP contribution in [0, 0.1) is 0 Å². The van der Waals surface area contributed by atoms with Crippen LogP contribution >= 0.6 is 11.6 Å². The molecule has 4 nitrogen and oxygen atoms in total. The first-order valence-electron chi connectivity index (χ1n) is 6.65. The van der Waals surface area contributed by atoms with Crippen molar-refractivity contribution in [2.24, 2.45) is 0 Å². The maximum Gasteiger partial charge on any atom is 0.123 e. The summed E-state index contributed by atoms with van der Waals surface area (Å²) in [5, 5.41) is 15.4. The van der Waals surface area contributed by atoms with Crippen molar-refractivity contribution in [2.45, 2.75) is 32.6 Å². The Bertz CT molecular complexity index is 569. The van der Waals surface area contributed by atoms with E-state index < -0.39 is 6.10 Å². The highest BCUT2D eigenvalue weighted by molar-refractivity contribution is 6.31. The minimum Gasteiger partial charge on any atom is -0.382 e. The third-order valence-electron chi connectivity index (χ3n) is 3.18. The van der Waals surface area contributed by atoms with Gasteiger partial charge in [0.25, 0.3) is 0 Å². The topological polar surface area (TPSA) is 47.3 Å². The summed E-state index contributed by atoms with van der Waals surface area (Å²) >= 11 is 6.18. The molecule has 1 atom stereocenters. The summed E-state index contributed by atoms with van der Waals surface area (Å²) in [6, 6.07) is 7.65. The molecule has 0 saturated carbocycles. The number of halogens is 1. The number of aryl methyl sites for hydroxylation is 1. The summed E-state index contributed by atoms with van der Waals surface area (Å²) in [4.78, 5) is 0. The van der Waals surface area contributed by atoms with Crippen molar-refractivity contribution in [1.29, 1.82) is 0 Å². The quantitative estimate of drug-likeness (QED) is 0.890. The fourth-order valence-corrected chi connectivity index (χ4v) is 2.51. The predicted molar refractivity (Wildman–Crippen MR) is 78.7 cm³/mol. The summed E-state index contributed by atoms with van der Waals surface area (Å²) in [6.45, 7) is 3.24. The first kappa shape index (κ1) is 15.0. The highest BCUT2D eigenvalue weighted by Crippen LogP contribution is 2.30. The molecule has 0 aliphatic heterocycles. The smallest absolute Gasteiger partial charge is 0.123 e. The van der Waals surface area contributed by atoms with Gasteiger partial charge in [-0.05, 0) is 17.5 Å². The lowest BCUT2D eigenvalue weighted by Crippen LogP contribution is -2.12. The molecule has 1 unspecified atom stereocenters. The standard InChI is InChI=1S/C15H19ClN2O2/c1-3-8-18-14(13(16)9-17-18)15(19)12-7-5-4-6-11(12)10-20-2/h4-7,9,15,19H,3,8,10H2,1-2H3. The van der Waals surface area contributed by atoms with Gasteiger partial charge in [0.1, 0.15) is 6.10 Å². The van der Waals surface area contributed by atoms with Gasteiger partial charge < -0.3 is 9.84 Å². The van der Waals surface area contributed by atoms with Gasteiger partial charge in [0.2, 0.25) is 0 Å². The number of methoxy groups -OCH3 is 1. The molecule has 5 heteroatoms. The Balaban J connectivity index is 2.41. The van der Waals surface area contributed by atoms with Gasteiger partial charge >= 0.3 is 0 Å². The van der Waals surface area contributed by atoms with E-state index in [9.17, 15) is 5.11 Å². The van der Waals surface area contributed by atoms with Crippen LogP contribution in [-0.2, 0) is 17.9 Å². The summed E-state index contributed by atoms with van der Waals surface area (Å²) in [5.41, 5.74) is 2.38. The molecule has 108 valence electrons. The lowest BCUT2D eigenvalue weighted by Gasteiger charge is -2.17. The van der Waals surface area contributed by atoms with E-state index in [0.29, 0.717) is 17.3 Å². The van der Waals surface area contributed by atoms with Gasteiger partial charge in [0.15, 0.2) is 0 Å². The fourth-order valence-electron chi connectivity index (χ4n) is 2.27. The number of aliphatic hydroxyl groups is 1. The van der Waals surface area contributed by atoms with Gasteiger partial charge in [-0.1, -0.05) is 42.8 Å². The van der Waals surface area contributed by atoms with E-state index in [1.807, 2.05) is 24.3 Å². The summed E-state index contributed by atoms with van der Waals surface area (Å²) in [6.07, 6.45) is 1.70. The number of aromatic nitrogens is 2. The van der Waals surface area contributed by atoms with Gasteiger partial charge in [-0.3, -0.25) is 4.68 Å². The summed E-state index contributed by atoms with van der Waals surface area (Å²) in [5.74, 6) is 0. The fraction of sp³-hybridized carbons (Fsp3) is 0.400. The normalized spacial score (nSPS) is 12.6. The Morgan fingerprint density at radius 2 is 2.15 bits per heavy atom. The maximum absolute atomic E-state index is 10.7. The Kier molecular flexibility index (Phi) is 5.17. The van der Waals surface area contributed by atoms with Crippen LogP contribution in [-0.4, -0.2) is 22.0 Å². The molecule has 1 aromatic carbocycles. The molecule has 0 spiro atoms. The van der Waals surface area contributed by atoms with Gasteiger partial charge in [-0.15, -0.1) is 0 Å². The molecule has 0 amide bonds. The predicted octanol–water partition coefficient (Wildman–Crippen LogP) is 3.17. The van der Waals surface area contributed by atoms with Gasteiger partial charge in [-0.2, -0.15) is 5.10 Å². The van der Waals surface area contributed by atoms with Crippen molar-refractivity contribution < 1.29 is 9.84 Å². The van der Waals surface area contributed by atoms with E-state index in [2.05, 4.69) is 12.0 Å². The van der Waals surface area contributed by atoms with Crippen LogP contribution in [0.2, 0.25) is 5.02 Å². The molecule has 1 aromatic heterocycles. The highest BCUT2D eigenvalue weighted by atomic mass is 35.5. The van der Waals surface area contributed by atoms with Crippen LogP contribution in [0.3, 0.4) is 0 Å². The van der Waals surface area contributed by atoms with Crippen LogP contribution in [0.4, 0.5) is 0 Å². The van der Waals surface area contributed by atoms with Crippen molar-refractivity contribution in [3.63, 3.8) is 0 Å². The van der Waals surface area contributed by atoms with E-state index in [1.54, 1.807) is 18.0 Å². The van der Waals surface area contributed by atoms with Crippen LogP contribution < -0.4 is 0 Å². The molecule has 0 fully saturated rings. The second-order valence-electron chi connectivity index (χ2n) is 4.64. The zero-order valence-electron chi connectivity index (χ0n) is 11.7. The Labute approximate surface area is 123 Å². The van der Waals surface area contributed by atoms with E-state index >= 15 is 0 Å². The summed E-state index contributed by atoms with van der Waals surface area (Å²) in [7, 11) is 1.64. The number of aliphatic hydroxyl groups excluding tert-OH is 1. The van der Waals surface area contributed by atoms with E-state index in [1.165, 1.54) is 0 Å². The Hall–Kier alpha value is -1.36. The lowest BCUT2D eigenvalue weighted by molar-refractivity contribution is 0.173. The minimum atomic E-state index is -0.803. The van der Waals surface area contributed by atoms with E-state index in [0.717, 1.165) is 24.1 Å². The Morgan fingerprint density at radius 1 is 1.40 bits per heavy atom. The minimum absolute atomic E-state index is 0.451. The average Bonchev–Trinajstić information content (AvgIpc) is 2.81. The monoisotopic (exact) mass is 294 g/mol. The third-order valence-corrected chi connectivity index (χ3v) is 3.47. The average molecular weight is 295 g/mol. The zero-order valence-corrected chi connectivity index (χ0v) is 12.5. The van der Waals surface area contributed by atoms with Crippen molar-refractivity contribution in [2.75, 3.05) is 7.11 Å². The molecular formula is C15H19ClN2O2. The van der Waals surface area contributed by atoms with Gasteiger partial charge in [0, 0.05) is 13.7 Å². The first-order chi connectivity index (χ1) is 9.69. The van der Waals surface area contributed by atoms with Crippen molar-refractivity contribution in [3.05, 3.63) is 52.3 Å². The van der Waals surface area contributed by atoms with Gasteiger partial charge in [0.05, 0.1) is 23.5 Å². The van der Waals surface area contributed by atoms with Gasteiger partial charge in [-0.25, -0.2) is 0 Å². The number of nitrogens with zero attached hydrogens (tertiary/aromatic N) is 2. The molecule has 2 aromatic rings. The number of benzene rings is 1. The second-order valence-corrected chi connectivity index (χ2v) is 5.04. The Morgan fingerprint density at radius 3 is 2.85 bits per heavy atom. The first-order valence-corrected chi connectivity index (χ1v) is 7.02. The zero-order chi connectivity index (χ0) is 14.5. The molecule has 1 heterocycles. The van der Waals surface area contributed by atoms with Crippen molar-refractivity contribution in [1.82, 2.24) is 9.78 Å². The number of rotatable bonds is 6. The van der Waals surface area contributed by atoms with Crippen LogP contribution in [0.25, 0.3) is 0 Å². The molecule has 0 bridgehead atoms.